The fourth-order valence-corrected chi connectivity index (χ4v) is 3.33. The van der Waals surface area contributed by atoms with E-state index in [1.807, 2.05) is 0 Å². The second kappa shape index (κ2) is 7.65. The highest BCUT2D eigenvalue weighted by atomic mass is 19.4. The zero-order valence-corrected chi connectivity index (χ0v) is 15.6. The van der Waals surface area contributed by atoms with E-state index in [0.29, 0.717) is 13.0 Å². The molecule has 1 unspecified atom stereocenters. The number of benzene rings is 1. The Kier molecular flexibility index (Phi) is 6.03. The number of rotatable bonds is 3. The van der Waals surface area contributed by atoms with Crippen LogP contribution in [0.3, 0.4) is 0 Å². The number of alkyl halides is 3. The molecule has 1 heterocycles. The summed E-state index contributed by atoms with van der Waals surface area (Å²) in [5, 5.41) is 9.57. The van der Waals surface area contributed by atoms with Crippen molar-refractivity contribution in [3.05, 3.63) is 35.4 Å². The summed E-state index contributed by atoms with van der Waals surface area (Å²) in [4.78, 5) is 26.8. The number of halogens is 5. The molecule has 0 aliphatic carbocycles. The fourth-order valence-electron chi connectivity index (χ4n) is 3.33. The van der Waals surface area contributed by atoms with E-state index < -0.39 is 47.2 Å². The van der Waals surface area contributed by atoms with E-state index in [-0.39, 0.29) is 25.1 Å². The lowest BCUT2D eigenvalue weighted by Gasteiger charge is -2.43. The van der Waals surface area contributed by atoms with E-state index in [4.69, 9.17) is 0 Å². The highest BCUT2D eigenvalue weighted by molar-refractivity contribution is 5.94. The minimum absolute atomic E-state index is 0.108. The average molecular weight is 408 g/mol. The standard InChI is InChI=1S/C18H21F5N2O3/c1-10-9-25(16(27)17(2,28)18(21,22)23)7-6-14(10)24(3)15(26)12-5-4-11(19)8-13(12)20/h4-5,8,10,14,28H,6-7,9H2,1-3H3/t10-,14+,17?/m1/s1. The predicted octanol–water partition coefficient (Wildman–Crippen LogP) is 2.59. The molecule has 1 fully saturated rings. The van der Waals surface area contributed by atoms with Gasteiger partial charge in [-0.05, 0) is 31.4 Å². The molecule has 0 aromatic heterocycles. The van der Waals surface area contributed by atoms with Crippen LogP contribution in [0.2, 0.25) is 0 Å². The van der Waals surface area contributed by atoms with Gasteiger partial charge in [0.1, 0.15) is 11.6 Å². The molecule has 1 aliphatic heterocycles. The molecule has 1 N–H and O–H groups in total. The van der Waals surface area contributed by atoms with Crippen LogP contribution in [-0.4, -0.2) is 64.7 Å². The lowest BCUT2D eigenvalue weighted by molar-refractivity contribution is -0.251. The van der Waals surface area contributed by atoms with Gasteiger partial charge in [0.15, 0.2) is 0 Å². The van der Waals surface area contributed by atoms with Gasteiger partial charge >= 0.3 is 6.18 Å². The van der Waals surface area contributed by atoms with Crippen LogP contribution in [0.5, 0.6) is 0 Å². The maximum Gasteiger partial charge on any atom is 0.426 e. The summed E-state index contributed by atoms with van der Waals surface area (Å²) in [5.41, 5.74) is -3.83. The third-order valence-corrected chi connectivity index (χ3v) is 5.09. The van der Waals surface area contributed by atoms with Crippen molar-refractivity contribution in [2.24, 2.45) is 5.92 Å². The van der Waals surface area contributed by atoms with Crippen molar-refractivity contribution >= 4 is 11.8 Å². The molecular formula is C18H21F5N2O3. The van der Waals surface area contributed by atoms with E-state index in [1.165, 1.54) is 11.9 Å². The normalized spacial score (nSPS) is 22.5. The number of nitrogens with zero attached hydrogens (tertiary/aromatic N) is 2. The second-order valence-corrected chi connectivity index (χ2v) is 7.19. The number of hydrogen-bond donors (Lipinski definition) is 1. The van der Waals surface area contributed by atoms with Crippen molar-refractivity contribution in [1.82, 2.24) is 9.80 Å². The van der Waals surface area contributed by atoms with Gasteiger partial charge in [-0.15, -0.1) is 0 Å². The van der Waals surface area contributed by atoms with Crippen LogP contribution in [0.15, 0.2) is 18.2 Å². The number of piperidine rings is 1. The van der Waals surface area contributed by atoms with Crippen molar-refractivity contribution in [2.45, 2.75) is 38.1 Å². The highest BCUT2D eigenvalue weighted by Crippen LogP contribution is 2.33. The van der Waals surface area contributed by atoms with Crippen molar-refractivity contribution in [3.8, 4) is 0 Å². The molecule has 2 rings (SSSR count). The molecule has 28 heavy (non-hydrogen) atoms. The minimum Gasteiger partial charge on any atom is -0.373 e. The first-order valence-electron chi connectivity index (χ1n) is 8.58. The Hall–Kier alpha value is -2.23. The summed E-state index contributed by atoms with van der Waals surface area (Å²) < 4.78 is 65.6. The van der Waals surface area contributed by atoms with Crippen LogP contribution in [0.4, 0.5) is 22.0 Å². The zero-order valence-electron chi connectivity index (χ0n) is 15.6. The highest BCUT2D eigenvalue weighted by Gasteiger charge is 2.57. The summed E-state index contributed by atoms with van der Waals surface area (Å²) in [5.74, 6) is -4.42. The second-order valence-electron chi connectivity index (χ2n) is 7.19. The van der Waals surface area contributed by atoms with Gasteiger partial charge in [-0.25, -0.2) is 8.78 Å². The van der Waals surface area contributed by atoms with Crippen molar-refractivity contribution in [2.75, 3.05) is 20.1 Å². The lowest BCUT2D eigenvalue weighted by Crippen LogP contribution is -2.60. The first-order chi connectivity index (χ1) is 12.8. The number of aliphatic hydroxyl groups is 1. The molecule has 2 amide bonds. The topological polar surface area (TPSA) is 60.9 Å². The summed E-state index contributed by atoms with van der Waals surface area (Å²) >= 11 is 0. The molecule has 1 aliphatic rings. The molecule has 0 spiro atoms. The molecule has 0 radical (unpaired) electrons. The first kappa shape index (κ1) is 22.1. The van der Waals surface area contributed by atoms with Crippen molar-refractivity contribution in [3.63, 3.8) is 0 Å². The van der Waals surface area contributed by atoms with Crippen LogP contribution < -0.4 is 0 Å². The molecule has 1 aromatic carbocycles. The molecule has 1 aromatic rings. The number of likely N-dealkylation sites (tertiary alicyclic amines) is 1. The SMILES string of the molecule is C[C@@H]1CN(C(=O)C(C)(O)C(F)(F)F)CC[C@@H]1N(C)C(=O)c1ccc(F)cc1F. The average Bonchev–Trinajstić information content (AvgIpc) is 2.58. The van der Waals surface area contributed by atoms with Gasteiger partial charge < -0.3 is 14.9 Å². The Morgan fingerprint density at radius 3 is 2.36 bits per heavy atom. The van der Waals surface area contributed by atoms with Crippen molar-refractivity contribution < 1.29 is 36.6 Å². The van der Waals surface area contributed by atoms with Gasteiger partial charge in [0.05, 0.1) is 5.56 Å². The predicted molar refractivity (Wildman–Crippen MR) is 89.3 cm³/mol. The Balaban J connectivity index is 2.11. The van der Waals surface area contributed by atoms with Crippen LogP contribution in [0.25, 0.3) is 0 Å². The number of hydrogen-bond acceptors (Lipinski definition) is 3. The molecule has 156 valence electrons. The Morgan fingerprint density at radius 2 is 1.86 bits per heavy atom. The smallest absolute Gasteiger partial charge is 0.373 e. The van der Waals surface area contributed by atoms with E-state index >= 15 is 0 Å². The summed E-state index contributed by atoms with van der Waals surface area (Å²) in [6, 6.07) is 2.09. The fraction of sp³-hybridized carbons (Fsp3) is 0.556. The Bertz CT molecular complexity index is 766. The third kappa shape index (κ3) is 4.11. The van der Waals surface area contributed by atoms with E-state index in [1.54, 1.807) is 6.92 Å². The van der Waals surface area contributed by atoms with E-state index in [9.17, 15) is 36.6 Å². The monoisotopic (exact) mass is 408 g/mol. The van der Waals surface area contributed by atoms with Gasteiger partial charge in [-0.1, -0.05) is 6.92 Å². The van der Waals surface area contributed by atoms with Gasteiger partial charge in [0, 0.05) is 32.2 Å². The van der Waals surface area contributed by atoms with Gasteiger partial charge in [-0.3, -0.25) is 9.59 Å². The summed E-state index contributed by atoms with van der Waals surface area (Å²) in [7, 11) is 1.41. The Morgan fingerprint density at radius 1 is 1.25 bits per heavy atom. The zero-order chi connectivity index (χ0) is 21.4. The van der Waals surface area contributed by atoms with Gasteiger partial charge in [0.25, 0.3) is 11.8 Å². The van der Waals surface area contributed by atoms with Crippen LogP contribution in [0.1, 0.15) is 30.6 Å². The van der Waals surface area contributed by atoms with Gasteiger partial charge in [-0.2, -0.15) is 13.2 Å². The number of amides is 2. The Labute approximate surface area is 158 Å². The number of carbonyl (C=O) groups excluding carboxylic acids is 2. The lowest BCUT2D eigenvalue weighted by atomic mass is 9.90. The van der Waals surface area contributed by atoms with Crippen molar-refractivity contribution in [1.29, 1.82) is 0 Å². The molecule has 10 heteroatoms. The molecule has 3 atom stereocenters. The molecule has 1 saturated heterocycles. The van der Waals surface area contributed by atoms with E-state index in [2.05, 4.69) is 0 Å². The largest absolute Gasteiger partial charge is 0.426 e. The maximum absolute atomic E-state index is 13.9. The molecule has 0 bridgehead atoms. The summed E-state index contributed by atoms with van der Waals surface area (Å²) in [6.45, 7) is 1.82. The van der Waals surface area contributed by atoms with Crippen LogP contribution in [-0.2, 0) is 4.79 Å². The van der Waals surface area contributed by atoms with Crippen LogP contribution in [0, 0.1) is 17.6 Å². The maximum atomic E-state index is 13.9. The first-order valence-corrected chi connectivity index (χ1v) is 8.58. The molecule has 0 saturated carbocycles. The number of carbonyl (C=O) groups is 2. The quantitative estimate of drug-likeness (QED) is 0.783. The van der Waals surface area contributed by atoms with E-state index in [0.717, 1.165) is 17.0 Å². The third-order valence-electron chi connectivity index (χ3n) is 5.09. The molecule has 5 nitrogen and oxygen atoms in total. The summed E-state index contributed by atoms with van der Waals surface area (Å²) in [6.07, 6.45) is -4.97. The van der Waals surface area contributed by atoms with Crippen LogP contribution >= 0.6 is 0 Å². The minimum atomic E-state index is -5.11. The van der Waals surface area contributed by atoms with Gasteiger partial charge in [0.2, 0.25) is 5.60 Å². The molecular weight excluding hydrogens is 387 g/mol.